The molecule has 0 heterocycles. The number of ether oxygens (including phenoxy) is 1. The lowest BCUT2D eigenvalue weighted by atomic mass is 10.1. The molecule has 0 bridgehead atoms. The first-order chi connectivity index (χ1) is 12.3. The highest BCUT2D eigenvalue weighted by molar-refractivity contribution is 5.94. The molecule has 2 aromatic rings. The summed E-state index contributed by atoms with van der Waals surface area (Å²) < 4.78 is 44.8. The topological polar surface area (TPSA) is 67.4 Å². The van der Waals surface area contributed by atoms with Gasteiger partial charge >= 0.3 is 0 Å². The Labute approximate surface area is 148 Å². The van der Waals surface area contributed by atoms with Crippen LogP contribution in [0.1, 0.15) is 11.1 Å². The molecule has 0 aliphatic carbocycles. The summed E-state index contributed by atoms with van der Waals surface area (Å²) in [5, 5.41) is 4.33. The molecular formula is C18H17F3N2O3. The van der Waals surface area contributed by atoms with Crippen molar-refractivity contribution in [1.82, 2.24) is 5.32 Å². The van der Waals surface area contributed by atoms with Crippen molar-refractivity contribution >= 4 is 17.5 Å². The van der Waals surface area contributed by atoms with Crippen molar-refractivity contribution < 1.29 is 27.5 Å². The quantitative estimate of drug-likeness (QED) is 0.773. The van der Waals surface area contributed by atoms with Gasteiger partial charge in [0.25, 0.3) is 5.91 Å². The van der Waals surface area contributed by atoms with Crippen molar-refractivity contribution in [1.29, 1.82) is 0 Å². The van der Waals surface area contributed by atoms with Crippen molar-refractivity contribution in [3.8, 4) is 5.75 Å². The van der Waals surface area contributed by atoms with Gasteiger partial charge in [0.15, 0.2) is 24.1 Å². The van der Waals surface area contributed by atoms with Crippen LogP contribution in [0.15, 0.2) is 30.3 Å². The normalized spacial score (nSPS) is 10.3. The first-order valence-corrected chi connectivity index (χ1v) is 7.68. The van der Waals surface area contributed by atoms with Crippen LogP contribution in [0.5, 0.6) is 5.75 Å². The molecule has 0 unspecified atom stereocenters. The van der Waals surface area contributed by atoms with Crippen LogP contribution in [-0.2, 0) is 9.59 Å². The second kappa shape index (κ2) is 8.37. The summed E-state index contributed by atoms with van der Waals surface area (Å²) in [6.07, 6.45) is 0. The maximum atomic E-state index is 13.5. The van der Waals surface area contributed by atoms with Gasteiger partial charge in [-0.3, -0.25) is 9.59 Å². The smallest absolute Gasteiger partial charge is 0.258 e. The molecule has 138 valence electrons. The molecule has 0 atom stereocenters. The van der Waals surface area contributed by atoms with Gasteiger partial charge < -0.3 is 15.4 Å². The zero-order chi connectivity index (χ0) is 19.3. The van der Waals surface area contributed by atoms with Gasteiger partial charge in [-0.05, 0) is 43.2 Å². The summed E-state index contributed by atoms with van der Waals surface area (Å²) in [5.41, 5.74) is 1.31. The molecule has 0 spiro atoms. The summed E-state index contributed by atoms with van der Waals surface area (Å²) in [7, 11) is 0. The molecule has 0 saturated carbocycles. The second-order valence-electron chi connectivity index (χ2n) is 5.61. The Morgan fingerprint density at radius 2 is 1.73 bits per heavy atom. The number of halogens is 3. The van der Waals surface area contributed by atoms with Crippen LogP contribution in [0, 0.1) is 31.3 Å². The van der Waals surface area contributed by atoms with Crippen molar-refractivity contribution in [3.05, 3.63) is 58.9 Å². The summed E-state index contributed by atoms with van der Waals surface area (Å²) in [4.78, 5) is 23.4. The summed E-state index contributed by atoms with van der Waals surface area (Å²) in [6, 6.07) is 7.11. The van der Waals surface area contributed by atoms with Gasteiger partial charge in [0, 0.05) is 0 Å². The third-order valence-electron chi connectivity index (χ3n) is 3.46. The van der Waals surface area contributed by atoms with Crippen LogP contribution in [0.2, 0.25) is 0 Å². The van der Waals surface area contributed by atoms with Gasteiger partial charge in [0.05, 0.1) is 12.2 Å². The SMILES string of the molecule is Cc1ccc(C)c(OCC(=O)NCC(=O)Nc2ccc(F)c(F)c2F)c1. The van der Waals surface area contributed by atoms with Gasteiger partial charge in [-0.1, -0.05) is 12.1 Å². The number of carbonyl (C=O) groups is 2. The molecule has 8 heteroatoms. The zero-order valence-corrected chi connectivity index (χ0v) is 14.2. The lowest BCUT2D eigenvalue weighted by molar-refractivity contribution is -0.125. The molecule has 0 fully saturated rings. The van der Waals surface area contributed by atoms with E-state index >= 15 is 0 Å². The third kappa shape index (κ3) is 4.98. The van der Waals surface area contributed by atoms with Crippen LogP contribution >= 0.6 is 0 Å². The summed E-state index contributed by atoms with van der Waals surface area (Å²) >= 11 is 0. The predicted molar refractivity (Wildman–Crippen MR) is 89.4 cm³/mol. The Hall–Kier alpha value is -3.03. The van der Waals surface area contributed by atoms with Gasteiger partial charge in [-0.15, -0.1) is 0 Å². The summed E-state index contributed by atoms with van der Waals surface area (Å²) in [5.74, 6) is -5.37. The number of amides is 2. The third-order valence-corrected chi connectivity index (χ3v) is 3.46. The lowest BCUT2D eigenvalue weighted by Crippen LogP contribution is -2.36. The number of benzene rings is 2. The molecule has 0 aromatic heterocycles. The second-order valence-corrected chi connectivity index (χ2v) is 5.61. The van der Waals surface area contributed by atoms with Crippen molar-refractivity contribution in [2.45, 2.75) is 13.8 Å². The molecule has 0 aliphatic rings. The minimum Gasteiger partial charge on any atom is -0.483 e. The van der Waals surface area contributed by atoms with Crippen LogP contribution in [0.25, 0.3) is 0 Å². The van der Waals surface area contributed by atoms with E-state index in [9.17, 15) is 22.8 Å². The Morgan fingerprint density at radius 1 is 1.00 bits per heavy atom. The average molecular weight is 366 g/mol. The number of carbonyl (C=O) groups excluding carboxylic acids is 2. The highest BCUT2D eigenvalue weighted by Gasteiger charge is 2.15. The molecule has 5 nitrogen and oxygen atoms in total. The maximum Gasteiger partial charge on any atom is 0.258 e. The van der Waals surface area contributed by atoms with E-state index in [2.05, 4.69) is 5.32 Å². The predicted octanol–water partition coefficient (Wildman–Crippen LogP) is 2.85. The van der Waals surface area contributed by atoms with E-state index in [1.54, 1.807) is 6.07 Å². The monoisotopic (exact) mass is 366 g/mol. The molecule has 0 saturated heterocycles. The number of anilines is 1. The molecule has 0 radical (unpaired) electrons. The Balaban J connectivity index is 1.83. The van der Waals surface area contributed by atoms with Crippen LogP contribution < -0.4 is 15.4 Å². The van der Waals surface area contributed by atoms with Crippen LogP contribution in [0.4, 0.5) is 18.9 Å². The van der Waals surface area contributed by atoms with Crippen LogP contribution in [0.3, 0.4) is 0 Å². The first-order valence-electron chi connectivity index (χ1n) is 7.68. The van der Waals surface area contributed by atoms with E-state index in [4.69, 9.17) is 4.74 Å². The van der Waals surface area contributed by atoms with E-state index in [1.807, 2.05) is 31.3 Å². The van der Waals surface area contributed by atoms with E-state index < -0.39 is 41.5 Å². The Kier molecular flexibility index (Phi) is 6.21. The van der Waals surface area contributed by atoms with Gasteiger partial charge in [-0.25, -0.2) is 13.2 Å². The molecule has 2 aromatic carbocycles. The van der Waals surface area contributed by atoms with Gasteiger partial charge in [0.2, 0.25) is 5.91 Å². The minimum atomic E-state index is -1.69. The maximum absolute atomic E-state index is 13.5. The standard InChI is InChI=1S/C18H17F3N2O3/c1-10-3-4-11(2)14(7-10)26-9-16(25)22-8-15(24)23-13-6-5-12(19)17(20)18(13)21/h3-7H,8-9H2,1-2H3,(H,22,25)(H,23,24). The highest BCUT2D eigenvalue weighted by atomic mass is 19.2. The van der Waals surface area contributed by atoms with Crippen molar-refractivity contribution in [2.24, 2.45) is 0 Å². The number of aryl methyl sites for hydroxylation is 2. The number of nitrogens with one attached hydrogen (secondary N) is 2. The molecule has 2 rings (SSSR count). The van der Waals surface area contributed by atoms with Crippen molar-refractivity contribution in [2.75, 3.05) is 18.5 Å². The average Bonchev–Trinajstić information content (AvgIpc) is 2.61. The summed E-state index contributed by atoms with van der Waals surface area (Å²) in [6.45, 7) is 2.93. The van der Waals surface area contributed by atoms with Crippen molar-refractivity contribution in [3.63, 3.8) is 0 Å². The first kappa shape index (κ1) is 19.3. The van der Waals surface area contributed by atoms with E-state index in [0.29, 0.717) is 11.8 Å². The number of rotatable bonds is 6. The Bertz CT molecular complexity index is 841. The van der Waals surface area contributed by atoms with Gasteiger partial charge in [0.1, 0.15) is 5.75 Å². The highest BCUT2D eigenvalue weighted by Crippen LogP contribution is 2.20. The van der Waals surface area contributed by atoms with E-state index in [0.717, 1.165) is 17.2 Å². The van der Waals surface area contributed by atoms with E-state index in [-0.39, 0.29) is 6.61 Å². The lowest BCUT2D eigenvalue weighted by Gasteiger charge is -2.11. The molecule has 26 heavy (non-hydrogen) atoms. The van der Waals surface area contributed by atoms with E-state index in [1.165, 1.54) is 0 Å². The molecular weight excluding hydrogens is 349 g/mol. The fraction of sp³-hybridized carbons (Fsp3) is 0.222. The molecule has 2 amide bonds. The minimum absolute atomic E-state index is 0.308. The zero-order valence-electron chi connectivity index (χ0n) is 14.2. The van der Waals surface area contributed by atoms with Crippen LogP contribution in [-0.4, -0.2) is 25.0 Å². The number of hydrogen-bond donors (Lipinski definition) is 2. The largest absolute Gasteiger partial charge is 0.483 e. The molecule has 2 N–H and O–H groups in total. The molecule has 0 aliphatic heterocycles. The fourth-order valence-electron chi connectivity index (χ4n) is 2.05. The fourth-order valence-corrected chi connectivity index (χ4v) is 2.05. The van der Waals surface area contributed by atoms with Gasteiger partial charge in [-0.2, -0.15) is 0 Å². The Morgan fingerprint density at radius 3 is 2.46 bits per heavy atom. The number of hydrogen-bond acceptors (Lipinski definition) is 3.